The molecule has 3 fully saturated rings. The number of hydrogen-bond acceptors (Lipinski definition) is 8. The highest BCUT2D eigenvalue weighted by atomic mass is 32.2. The number of nitrogens with zero attached hydrogens (tertiary/aromatic N) is 3. The molecule has 38 heavy (non-hydrogen) atoms. The molecule has 2 saturated heterocycles. The van der Waals surface area contributed by atoms with Crippen molar-refractivity contribution in [1.29, 1.82) is 0 Å². The Kier molecular flexibility index (Phi) is 7.17. The maximum absolute atomic E-state index is 13.6. The number of amides is 1. The van der Waals surface area contributed by atoms with Gasteiger partial charge in [0.15, 0.2) is 9.84 Å². The highest BCUT2D eigenvalue weighted by Crippen LogP contribution is 2.54. The average molecular weight is 543 g/mol. The van der Waals surface area contributed by atoms with Crippen LogP contribution in [0, 0.1) is 5.41 Å². The molecule has 1 spiro atoms. The largest absolute Gasteiger partial charge is 0.395 e. The summed E-state index contributed by atoms with van der Waals surface area (Å²) >= 11 is 0. The maximum Gasteiger partial charge on any atom is 0.258 e. The van der Waals surface area contributed by atoms with Gasteiger partial charge in [-0.25, -0.2) is 13.4 Å². The van der Waals surface area contributed by atoms with Crippen molar-refractivity contribution in [2.24, 2.45) is 5.41 Å². The second-order valence-electron chi connectivity index (χ2n) is 11.5. The van der Waals surface area contributed by atoms with Crippen molar-refractivity contribution >= 4 is 33.1 Å². The van der Waals surface area contributed by atoms with Gasteiger partial charge in [-0.1, -0.05) is 6.07 Å². The van der Waals surface area contributed by atoms with E-state index in [-0.39, 0.29) is 16.9 Å². The smallest absolute Gasteiger partial charge is 0.258 e. The number of aromatic nitrogens is 1. The summed E-state index contributed by atoms with van der Waals surface area (Å²) in [5.74, 6) is 0.875. The number of aliphatic hydroxyl groups is 1. The molecule has 9 nitrogen and oxygen atoms in total. The van der Waals surface area contributed by atoms with Crippen LogP contribution in [0.1, 0.15) is 56.8 Å². The quantitative estimate of drug-likeness (QED) is 0.547. The average Bonchev–Trinajstić information content (AvgIpc) is 3.67. The van der Waals surface area contributed by atoms with Crippen molar-refractivity contribution in [3.05, 3.63) is 42.0 Å². The lowest BCUT2D eigenvalue weighted by atomic mass is 9.93. The zero-order valence-electron chi connectivity index (χ0n) is 22.4. The van der Waals surface area contributed by atoms with Crippen LogP contribution in [-0.4, -0.2) is 74.7 Å². The molecule has 3 heterocycles. The van der Waals surface area contributed by atoms with Gasteiger partial charge in [-0.05, 0) is 82.2 Å². The molecule has 1 amide bonds. The predicted octanol–water partition coefficient (Wildman–Crippen LogP) is 3.48. The van der Waals surface area contributed by atoms with Gasteiger partial charge in [-0.2, -0.15) is 0 Å². The number of carbonyl (C=O) groups is 1. The number of aliphatic hydroxyl groups excluding tert-OH is 1. The number of morpholine rings is 1. The van der Waals surface area contributed by atoms with Gasteiger partial charge in [-0.3, -0.25) is 4.79 Å². The lowest BCUT2D eigenvalue weighted by Crippen LogP contribution is -2.41. The first-order chi connectivity index (χ1) is 18.0. The number of ether oxygens (including phenoxy) is 1. The molecule has 2 N–H and O–H groups in total. The molecule has 3 aliphatic rings. The van der Waals surface area contributed by atoms with E-state index in [4.69, 9.17) is 4.74 Å². The van der Waals surface area contributed by atoms with Crippen molar-refractivity contribution in [1.82, 2.24) is 4.98 Å². The standard InChI is InChI=1S/C28H38N4O5S/c1-20-18-32(15-16-37-20)25-6-4-5-24(29-25)30-26(34)22-8-7-21(38(35,36)27(2,3)19-33)17-23(22)31-13-11-28(9-10-28)12-14-31/h4-8,17,20,33H,9-16,18-19H2,1-3H3,(H,29,30,34)/t20-/m1/s1. The van der Waals surface area contributed by atoms with Crippen LogP contribution in [0.3, 0.4) is 0 Å². The molecule has 1 aromatic carbocycles. The maximum atomic E-state index is 13.6. The van der Waals surface area contributed by atoms with E-state index in [1.807, 2.05) is 19.1 Å². The molecular formula is C28H38N4O5S. The highest BCUT2D eigenvalue weighted by molar-refractivity contribution is 7.92. The molecule has 0 unspecified atom stereocenters. The van der Waals surface area contributed by atoms with Crippen molar-refractivity contribution in [2.75, 3.05) is 54.5 Å². The molecule has 2 aromatic rings. The van der Waals surface area contributed by atoms with Crippen LogP contribution in [0.5, 0.6) is 0 Å². The third kappa shape index (κ3) is 5.26. The summed E-state index contributed by atoms with van der Waals surface area (Å²) in [7, 11) is -3.82. The van der Waals surface area contributed by atoms with Crippen molar-refractivity contribution in [3.8, 4) is 0 Å². The van der Waals surface area contributed by atoms with Crippen molar-refractivity contribution < 1.29 is 23.1 Å². The first-order valence-corrected chi connectivity index (χ1v) is 14.9. The van der Waals surface area contributed by atoms with E-state index in [1.54, 1.807) is 18.2 Å². The van der Waals surface area contributed by atoms with Gasteiger partial charge in [0.05, 0.1) is 40.2 Å². The molecule has 10 heteroatoms. The molecule has 1 aromatic heterocycles. The summed E-state index contributed by atoms with van der Waals surface area (Å²) in [6.07, 6.45) is 4.68. The number of pyridine rings is 1. The predicted molar refractivity (Wildman–Crippen MR) is 148 cm³/mol. The van der Waals surface area contributed by atoms with Crippen LogP contribution < -0.4 is 15.1 Å². The topological polar surface area (TPSA) is 112 Å². The number of anilines is 3. The SMILES string of the molecule is C[C@@H]1CN(c2cccc(NC(=O)c3ccc(S(=O)(=O)C(C)(C)CO)cc3N3CCC4(CC3)CC4)n2)CCO1. The van der Waals surface area contributed by atoms with Crippen LogP contribution in [0.15, 0.2) is 41.3 Å². The fourth-order valence-electron chi connectivity index (χ4n) is 5.31. The monoisotopic (exact) mass is 542 g/mol. The van der Waals surface area contributed by atoms with Gasteiger partial charge in [0.25, 0.3) is 5.91 Å². The number of hydrogen-bond donors (Lipinski definition) is 2. The first-order valence-electron chi connectivity index (χ1n) is 13.4. The molecule has 0 radical (unpaired) electrons. The Morgan fingerprint density at radius 1 is 1.13 bits per heavy atom. The van der Waals surface area contributed by atoms with Crippen LogP contribution in [0.2, 0.25) is 0 Å². The second kappa shape index (κ2) is 10.1. The lowest BCUT2D eigenvalue weighted by molar-refractivity contribution is 0.0529. The van der Waals surface area contributed by atoms with Crippen LogP contribution in [0.4, 0.5) is 17.3 Å². The van der Waals surface area contributed by atoms with E-state index in [9.17, 15) is 18.3 Å². The summed E-state index contributed by atoms with van der Waals surface area (Å²) in [5.41, 5.74) is 1.44. The van der Waals surface area contributed by atoms with E-state index in [0.29, 0.717) is 29.1 Å². The Bertz CT molecular complexity index is 1300. The third-order valence-corrected chi connectivity index (χ3v) is 10.8. The number of carbonyl (C=O) groups excluding carboxylic acids is 1. The minimum Gasteiger partial charge on any atom is -0.395 e. The molecule has 2 aliphatic heterocycles. The number of rotatable bonds is 7. The summed E-state index contributed by atoms with van der Waals surface area (Å²) in [5, 5.41) is 12.7. The van der Waals surface area contributed by atoms with E-state index in [1.165, 1.54) is 32.8 Å². The zero-order chi connectivity index (χ0) is 27.1. The number of piperidine rings is 1. The van der Waals surface area contributed by atoms with Crippen LogP contribution >= 0.6 is 0 Å². The molecule has 1 aliphatic carbocycles. The number of nitrogens with one attached hydrogen (secondary N) is 1. The Morgan fingerprint density at radius 2 is 1.87 bits per heavy atom. The molecular weight excluding hydrogens is 504 g/mol. The highest BCUT2D eigenvalue weighted by Gasteiger charge is 2.45. The van der Waals surface area contributed by atoms with Gasteiger partial charge >= 0.3 is 0 Å². The van der Waals surface area contributed by atoms with E-state index in [2.05, 4.69) is 20.1 Å². The number of benzene rings is 1. The second-order valence-corrected chi connectivity index (χ2v) is 14.1. The summed E-state index contributed by atoms with van der Waals surface area (Å²) < 4.78 is 30.9. The van der Waals surface area contributed by atoms with Crippen LogP contribution in [0.25, 0.3) is 0 Å². The molecule has 1 atom stereocenters. The fraction of sp³-hybridized carbons (Fsp3) is 0.571. The normalized spacial score (nSPS) is 21.4. The Morgan fingerprint density at radius 3 is 2.53 bits per heavy atom. The zero-order valence-corrected chi connectivity index (χ0v) is 23.3. The van der Waals surface area contributed by atoms with Gasteiger partial charge in [0, 0.05) is 26.2 Å². The van der Waals surface area contributed by atoms with Crippen LogP contribution in [-0.2, 0) is 14.6 Å². The molecule has 206 valence electrons. The Labute approximate surface area is 225 Å². The Hall–Kier alpha value is -2.69. The van der Waals surface area contributed by atoms with E-state index < -0.39 is 21.2 Å². The summed E-state index contributed by atoms with van der Waals surface area (Å²) in [6.45, 7) is 8.18. The molecule has 0 bridgehead atoms. The third-order valence-electron chi connectivity index (χ3n) is 8.30. The lowest BCUT2D eigenvalue weighted by Gasteiger charge is -2.35. The fourth-order valence-corrected chi connectivity index (χ4v) is 6.64. The first kappa shape index (κ1) is 26.9. The van der Waals surface area contributed by atoms with E-state index in [0.717, 1.165) is 44.8 Å². The van der Waals surface area contributed by atoms with Gasteiger partial charge in [-0.15, -0.1) is 0 Å². The molecule has 1 saturated carbocycles. The van der Waals surface area contributed by atoms with Crippen molar-refractivity contribution in [3.63, 3.8) is 0 Å². The molecule has 5 rings (SSSR count). The Balaban J connectivity index is 1.44. The van der Waals surface area contributed by atoms with Gasteiger partial charge in [0.1, 0.15) is 11.6 Å². The summed E-state index contributed by atoms with van der Waals surface area (Å²) in [6, 6.07) is 10.2. The number of sulfone groups is 1. The van der Waals surface area contributed by atoms with Gasteiger partial charge < -0.3 is 25.0 Å². The minimum atomic E-state index is -3.82. The summed E-state index contributed by atoms with van der Waals surface area (Å²) in [4.78, 5) is 22.6. The van der Waals surface area contributed by atoms with E-state index >= 15 is 0 Å². The van der Waals surface area contributed by atoms with Gasteiger partial charge in [0.2, 0.25) is 0 Å². The van der Waals surface area contributed by atoms with Crippen molar-refractivity contribution in [2.45, 2.75) is 62.2 Å². The minimum absolute atomic E-state index is 0.108.